The first-order chi connectivity index (χ1) is 10.8. The maximum absolute atomic E-state index is 12.0. The van der Waals surface area contributed by atoms with Crippen LogP contribution in [0.2, 0.25) is 0 Å². The van der Waals surface area contributed by atoms with Crippen LogP contribution in [-0.2, 0) is 4.74 Å². The molecule has 0 aromatic carbocycles. The summed E-state index contributed by atoms with van der Waals surface area (Å²) in [6, 6.07) is 3.60. The maximum Gasteiger partial charge on any atom is 0.407 e. The number of carbonyl (C=O) groups is 2. The molecule has 0 radical (unpaired) electrons. The van der Waals surface area contributed by atoms with Gasteiger partial charge in [0.05, 0.1) is 5.56 Å². The Morgan fingerprint density at radius 3 is 2.78 bits per heavy atom. The van der Waals surface area contributed by atoms with E-state index in [9.17, 15) is 9.59 Å². The van der Waals surface area contributed by atoms with E-state index in [4.69, 9.17) is 4.74 Å². The SMILES string of the molecule is CC(C)(C)OC(=O)NC1CCC(CNC(=O)c2cccnc2)C1. The van der Waals surface area contributed by atoms with Crippen molar-refractivity contribution in [2.24, 2.45) is 5.92 Å². The highest BCUT2D eigenvalue weighted by Gasteiger charge is 2.27. The van der Waals surface area contributed by atoms with Gasteiger partial charge in [-0.25, -0.2) is 4.79 Å². The second-order valence-electron chi connectivity index (χ2n) is 6.97. The third-order valence-corrected chi connectivity index (χ3v) is 3.74. The summed E-state index contributed by atoms with van der Waals surface area (Å²) in [5.74, 6) is 0.261. The van der Waals surface area contributed by atoms with Crippen LogP contribution in [0, 0.1) is 5.92 Å². The molecule has 0 aliphatic heterocycles. The highest BCUT2D eigenvalue weighted by Crippen LogP contribution is 2.25. The first kappa shape index (κ1) is 17.2. The lowest BCUT2D eigenvalue weighted by Gasteiger charge is -2.21. The van der Waals surface area contributed by atoms with Crippen molar-refractivity contribution in [2.45, 2.75) is 51.7 Å². The van der Waals surface area contributed by atoms with Gasteiger partial charge in [0.25, 0.3) is 5.91 Å². The van der Waals surface area contributed by atoms with Crippen LogP contribution in [0.4, 0.5) is 4.79 Å². The fourth-order valence-corrected chi connectivity index (χ4v) is 2.70. The Kier molecular flexibility index (Phi) is 5.58. The van der Waals surface area contributed by atoms with E-state index < -0.39 is 5.60 Å². The number of hydrogen-bond acceptors (Lipinski definition) is 4. The number of rotatable bonds is 4. The summed E-state index contributed by atoms with van der Waals surface area (Å²) in [5, 5.41) is 5.83. The number of ether oxygens (including phenoxy) is 1. The Hall–Kier alpha value is -2.11. The highest BCUT2D eigenvalue weighted by atomic mass is 16.6. The summed E-state index contributed by atoms with van der Waals surface area (Å²) in [7, 11) is 0. The van der Waals surface area contributed by atoms with Gasteiger partial charge in [-0.1, -0.05) is 0 Å². The number of aromatic nitrogens is 1. The van der Waals surface area contributed by atoms with E-state index in [0.29, 0.717) is 18.0 Å². The molecule has 1 fully saturated rings. The van der Waals surface area contributed by atoms with Crippen molar-refractivity contribution in [3.05, 3.63) is 30.1 Å². The molecule has 2 N–H and O–H groups in total. The second kappa shape index (κ2) is 7.44. The number of alkyl carbamates (subject to hydrolysis) is 1. The first-order valence-corrected chi connectivity index (χ1v) is 8.01. The summed E-state index contributed by atoms with van der Waals surface area (Å²) in [6.45, 7) is 6.15. The minimum Gasteiger partial charge on any atom is -0.444 e. The largest absolute Gasteiger partial charge is 0.444 e. The maximum atomic E-state index is 12.0. The summed E-state index contributed by atoms with van der Waals surface area (Å²) in [5.41, 5.74) is 0.0775. The predicted octanol–water partition coefficient (Wildman–Crippen LogP) is 2.50. The predicted molar refractivity (Wildman–Crippen MR) is 87.1 cm³/mol. The topological polar surface area (TPSA) is 80.3 Å². The van der Waals surface area contributed by atoms with Crippen molar-refractivity contribution in [1.29, 1.82) is 0 Å². The smallest absolute Gasteiger partial charge is 0.407 e. The fourth-order valence-electron chi connectivity index (χ4n) is 2.70. The van der Waals surface area contributed by atoms with Crippen molar-refractivity contribution in [3.8, 4) is 0 Å². The Morgan fingerprint density at radius 2 is 2.13 bits per heavy atom. The molecule has 6 heteroatoms. The van der Waals surface area contributed by atoms with E-state index in [1.54, 1.807) is 24.5 Å². The van der Waals surface area contributed by atoms with Crippen LogP contribution in [0.1, 0.15) is 50.4 Å². The molecule has 0 saturated heterocycles. The molecule has 2 rings (SSSR count). The Labute approximate surface area is 137 Å². The number of carbonyl (C=O) groups excluding carboxylic acids is 2. The second-order valence-corrected chi connectivity index (χ2v) is 6.97. The number of nitrogens with one attached hydrogen (secondary N) is 2. The summed E-state index contributed by atoms with van der Waals surface area (Å²) >= 11 is 0. The first-order valence-electron chi connectivity index (χ1n) is 8.01. The molecule has 23 heavy (non-hydrogen) atoms. The van der Waals surface area contributed by atoms with E-state index in [0.717, 1.165) is 19.3 Å². The van der Waals surface area contributed by atoms with Crippen LogP contribution in [-0.4, -0.2) is 35.2 Å². The number of pyridine rings is 1. The lowest BCUT2D eigenvalue weighted by atomic mass is 10.1. The summed E-state index contributed by atoms with van der Waals surface area (Å²) in [4.78, 5) is 27.7. The zero-order valence-electron chi connectivity index (χ0n) is 14.0. The molecule has 1 saturated carbocycles. The molecular weight excluding hydrogens is 294 g/mol. The van der Waals surface area contributed by atoms with Gasteiger partial charge in [-0.2, -0.15) is 0 Å². The van der Waals surface area contributed by atoms with E-state index in [1.807, 2.05) is 20.8 Å². The normalized spacial score (nSPS) is 20.8. The van der Waals surface area contributed by atoms with Gasteiger partial charge in [0, 0.05) is 25.0 Å². The molecule has 1 aromatic heterocycles. The van der Waals surface area contributed by atoms with Gasteiger partial charge in [0.15, 0.2) is 0 Å². The fraction of sp³-hybridized carbons (Fsp3) is 0.588. The van der Waals surface area contributed by atoms with Crippen molar-refractivity contribution < 1.29 is 14.3 Å². The van der Waals surface area contributed by atoms with Gasteiger partial charge < -0.3 is 15.4 Å². The average molecular weight is 319 g/mol. The van der Waals surface area contributed by atoms with Crippen LogP contribution < -0.4 is 10.6 Å². The molecule has 1 aliphatic rings. The summed E-state index contributed by atoms with van der Waals surface area (Å²) < 4.78 is 5.26. The van der Waals surface area contributed by atoms with Gasteiger partial charge in [0.1, 0.15) is 5.60 Å². The molecule has 126 valence electrons. The quantitative estimate of drug-likeness (QED) is 0.893. The van der Waals surface area contributed by atoms with Gasteiger partial charge in [0.2, 0.25) is 0 Å². The molecule has 1 aromatic rings. The van der Waals surface area contributed by atoms with Crippen molar-refractivity contribution >= 4 is 12.0 Å². The molecule has 2 amide bonds. The Balaban J connectivity index is 1.71. The van der Waals surface area contributed by atoms with Crippen LogP contribution in [0.5, 0.6) is 0 Å². The van der Waals surface area contributed by atoms with Crippen LogP contribution in [0.3, 0.4) is 0 Å². The van der Waals surface area contributed by atoms with E-state index in [2.05, 4.69) is 15.6 Å². The molecule has 2 atom stereocenters. The zero-order valence-corrected chi connectivity index (χ0v) is 14.0. The Bertz CT molecular complexity index is 540. The molecule has 1 aliphatic carbocycles. The van der Waals surface area contributed by atoms with E-state index in [1.165, 1.54) is 0 Å². The number of nitrogens with zero attached hydrogens (tertiary/aromatic N) is 1. The average Bonchev–Trinajstić information content (AvgIpc) is 2.91. The third kappa shape index (κ3) is 5.88. The number of hydrogen-bond donors (Lipinski definition) is 2. The minimum absolute atomic E-state index is 0.110. The van der Waals surface area contributed by atoms with E-state index in [-0.39, 0.29) is 18.0 Å². The highest BCUT2D eigenvalue weighted by molar-refractivity contribution is 5.93. The molecule has 1 heterocycles. The zero-order chi connectivity index (χ0) is 16.9. The monoisotopic (exact) mass is 319 g/mol. The standard InChI is InChI=1S/C17H25N3O3/c1-17(2,3)23-16(22)20-14-7-6-12(9-14)10-19-15(21)13-5-4-8-18-11-13/h4-5,8,11-12,14H,6-7,9-10H2,1-3H3,(H,19,21)(H,20,22). The molecular formula is C17H25N3O3. The van der Waals surface area contributed by atoms with Gasteiger partial charge in [-0.05, 0) is 58.1 Å². The molecule has 0 spiro atoms. The van der Waals surface area contributed by atoms with Crippen molar-refractivity contribution in [3.63, 3.8) is 0 Å². The number of amides is 2. The van der Waals surface area contributed by atoms with Gasteiger partial charge >= 0.3 is 6.09 Å². The molecule has 6 nitrogen and oxygen atoms in total. The van der Waals surface area contributed by atoms with Crippen LogP contribution in [0.15, 0.2) is 24.5 Å². The Morgan fingerprint density at radius 1 is 1.35 bits per heavy atom. The minimum atomic E-state index is -0.486. The van der Waals surface area contributed by atoms with Gasteiger partial charge in [-0.3, -0.25) is 9.78 Å². The van der Waals surface area contributed by atoms with Crippen molar-refractivity contribution in [2.75, 3.05) is 6.54 Å². The van der Waals surface area contributed by atoms with Crippen molar-refractivity contribution in [1.82, 2.24) is 15.6 Å². The third-order valence-electron chi connectivity index (χ3n) is 3.74. The molecule has 0 bridgehead atoms. The lowest BCUT2D eigenvalue weighted by Crippen LogP contribution is -2.38. The lowest BCUT2D eigenvalue weighted by molar-refractivity contribution is 0.0504. The summed E-state index contributed by atoms with van der Waals surface area (Å²) in [6.07, 6.45) is 5.56. The molecule has 2 unspecified atom stereocenters. The van der Waals surface area contributed by atoms with E-state index >= 15 is 0 Å². The van der Waals surface area contributed by atoms with Gasteiger partial charge in [-0.15, -0.1) is 0 Å². The van der Waals surface area contributed by atoms with Crippen LogP contribution in [0.25, 0.3) is 0 Å². The van der Waals surface area contributed by atoms with Crippen LogP contribution >= 0.6 is 0 Å².